The number of benzene rings is 1. The van der Waals surface area contributed by atoms with Crippen molar-refractivity contribution in [3.05, 3.63) is 28.5 Å². The molecule has 0 aromatic heterocycles. The molecule has 19 heavy (non-hydrogen) atoms. The van der Waals surface area contributed by atoms with Crippen LogP contribution in [0.2, 0.25) is 0 Å². The van der Waals surface area contributed by atoms with Crippen molar-refractivity contribution in [3.8, 4) is 6.07 Å². The summed E-state index contributed by atoms with van der Waals surface area (Å²) in [4.78, 5) is -0.143. The number of hydrogen-bond donors (Lipinski definition) is 1. The largest absolute Gasteiger partial charge is 0.313 e. The van der Waals surface area contributed by atoms with E-state index in [2.05, 4.69) is 21.2 Å². The number of halogens is 2. The fourth-order valence-corrected chi connectivity index (χ4v) is 3.65. The zero-order chi connectivity index (χ0) is 14.0. The fourth-order valence-electron chi connectivity index (χ4n) is 1.86. The maximum Gasteiger partial charge on any atom is 0.244 e. The quantitative estimate of drug-likeness (QED) is 0.868. The van der Waals surface area contributed by atoms with Gasteiger partial charge in [-0.05, 0) is 34.1 Å². The van der Waals surface area contributed by atoms with Crippen molar-refractivity contribution in [2.24, 2.45) is 0 Å². The van der Waals surface area contributed by atoms with E-state index in [9.17, 15) is 12.8 Å². The number of nitrogens with one attached hydrogen (secondary N) is 1. The van der Waals surface area contributed by atoms with Crippen molar-refractivity contribution in [1.82, 2.24) is 9.62 Å². The molecule has 1 saturated heterocycles. The van der Waals surface area contributed by atoms with Gasteiger partial charge >= 0.3 is 0 Å². The second-order valence-corrected chi connectivity index (χ2v) is 6.79. The SMILES string of the molecule is N#CC1CNCCN1S(=O)(=O)c1ccc(Br)c(F)c1. The Bertz CT molecular complexity index is 629. The fraction of sp³-hybridized carbons (Fsp3) is 0.364. The van der Waals surface area contributed by atoms with Gasteiger partial charge in [-0.15, -0.1) is 0 Å². The number of piperazine rings is 1. The Hall–Kier alpha value is -1.01. The first kappa shape index (κ1) is 14.4. The maximum absolute atomic E-state index is 13.4. The van der Waals surface area contributed by atoms with Gasteiger partial charge in [-0.25, -0.2) is 12.8 Å². The molecule has 5 nitrogen and oxygen atoms in total. The highest BCUT2D eigenvalue weighted by Crippen LogP contribution is 2.23. The van der Waals surface area contributed by atoms with Crippen LogP contribution in [0, 0.1) is 17.1 Å². The van der Waals surface area contributed by atoms with Gasteiger partial charge < -0.3 is 5.32 Å². The van der Waals surface area contributed by atoms with E-state index in [4.69, 9.17) is 5.26 Å². The van der Waals surface area contributed by atoms with E-state index in [1.807, 2.05) is 6.07 Å². The molecule has 1 N–H and O–H groups in total. The van der Waals surface area contributed by atoms with Crippen LogP contribution in [0.3, 0.4) is 0 Å². The van der Waals surface area contributed by atoms with Crippen LogP contribution in [-0.2, 0) is 10.0 Å². The molecular weight excluding hydrogens is 337 g/mol. The van der Waals surface area contributed by atoms with Crippen LogP contribution in [0.25, 0.3) is 0 Å². The van der Waals surface area contributed by atoms with Crippen LogP contribution in [0.5, 0.6) is 0 Å². The van der Waals surface area contributed by atoms with Gasteiger partial charge in [0.15, 0.2) is 0 Å². The predicted octanol–water partition coefficient (Wildman–Crippen LogP) is 1.07. The molecule has 0 radical (unpaired) electrons. The minimum absolute atomic E-state index is 0.143. The molecule has 0 spiro atoms. The highest BCUT2D eigenvalue weighted by molar-refractivity contribution is 9.10. The van der Waals surface area contributed by atoms with E-state index in [0.29, 0.717) is 6.54 Å². The van der Waals surface area contributed by atoms with Crippen molar-refractivity contribution in [2.45, 2.75) is 10.9 Å². The number of hydrogen-bond acceptors (Lipinski definition) is 4. The summed E-state index contributed by atoms with van der Waals surface area (Å²) < 4.78 is 39.5. The van der Waals surface area contributed by atoms with E-state index in [-0.39, 0.29) is 22.5 Å². The molecular formula is C11H11BrFN3O2S. The summed E-state index contributed by atoms with van der Waals surface area (Å²) in [6.07, 6.45) is 0. The first-order valence-corrected chi connectivity index (χ1v) is 7.77. The van der Waals surface area contributed by atoms with Crippen molar-refractivity contribution in [1.29, 1.82) is 5.26 Å². The standard InChI is InChI=1S/C11H11BrFN3O2S/c12-10-2-1-9(5-11(10)13)19(17,18)16-4-3-15-7-8(16)6-14/h1-2,5,8,15H,3-4,7H2. The second kappa shape index (κ2) is 5.54. The van der Waals surface area contributed by atoms with Gasteiger partial charge in [0, 0.05) is 19.6 Å². The van der Waals surface area contributed by atoms with E-state index in [1.54, 1.807) is 0 Å². The van der Waals surface area contributed by atoms with Gasteiger partial charge in [-0.1, -0.05) is 0 Å². The highest BCUT2D eigenvalue weighted by atomic mass is 79.9. The Morgan fingerprint density at radius 3 is 2.89 bits per heavy atom. The van der Waals surface area contributed by atoms with E-state index in [1.165, 1.54) is 12.1 Å². The van der Waals surface area contributed by atoms with Crippen molar-refractivity contribution in [3.63, 3.8) is 0 Å². The lowest BCUT2D eigenvalue weighted by molar-refractivity contribution is 0.311. The van der Waals surface area contributed by atoms with E-state index < -0.39 is 21.9 Å². The van der Waals surface area contributed by atoms with Crippen LogP contribution in [0.4, 0.5) is 4.39 Å². The molecule has 0 bridgehead atoms. The summed E-state index contributed by atoms with van der Waals surface area (Å²) in [5.74, 6) is -0.648. The molecule has 1 aromatic carbocycles. The smallest absolute Gasteiger partial charge is 0.244 e. The molecule has 1 fully saturated rings. The first-order valence-electron chi connectivity index (χ1n) is 5.54. The van der Waals surface area contributed by atoms with Crippen LogP contribution in [-0.4, -0.2) is 38.4 Å². The molecule has 1 atom stereocenters. The van der Waals surface area contributed by atoms with Crippen molar-refractivity contribution < 1.29 is 12.8 Å². The molecule has 0 amide bonds. The lowest BCUT2D eigenvalue weighted by Crippen LogP contribution is -2.52. The maximum atomic E-state index is 13.4. The minimum Gasteiger partial charge on any atom is -0.313 e. The summed E-state index contributed by atoms with van der Waals surface area (Å²) >= 11 is 2.97. The molecule has 0 saturated carbocycles. The van der Waals surface area contributed by atoms with E-state index in [0.717, 1.165) is 10.4 Å². The molecule has 1 aliphatic heterocycles. The summed E-state index contributed by atoms with van der Waals surface area (Å²) in [5.41, 5.74) is 0. The average Bonchev–Trinajstić information content (AvgIpc) is 2.41. The zero-order valence-corrected chi connectivity index (χ0v) is 12.2. The third-order valence-corrected chi connectivity index (χ3v) is 5.39. The molecule has 2 rings (SSSR count). The third kappa shape index (κ3) is 2.79. The Morgan fingerprint density at radius 2 is 2.26 bits per heavy atom. The molecule has 1 aromatic rings. The normalized spacial score (nSPS) is 21.0. The predicted molar refractivity (Wildman–Crippen MR) is 70.3 cm³/mol. The summed E-state index contributed by atoms with van der Waals surface area (Å²) in [6, 6.07) is 4.78. The van der Waals surface area contributed by atoms with Gasteiger partial charge in [-0.2, -0.15) is 9.57 Å². The zero-order valence-electron chi connectivity index (χ0n) is 9.81. The molecule has 102 valence electrons. The monoisotopic (exact) mass is 347 g/mol. The van der Waals surface area contributed by atoms with Gasteiger partial charge in [0.25, 0.3) is 0 Å². The first-order chi connectivity index (χ1) is 8.96. The highest BCUT2D eigenvalue weighted by Gasteiger charge is 2.33. The molecule has 1 aliphatic rings. The van der Waals surface area contributed by atoms with E-state index >= 15 is 0 Å². The second-order valence-electron chi connectivity index (χ2n) is 4.04. The topological polar surface area (TPSA) is 73.2 Å². The lowest BCUT2D eigenvalue weighted by Gasteiger charge is -2.30. The third-order valence-electron chi connectivity index (χ3n) is 2.84. The lowest BCUT2D eigenvalue weighted by atomic mass is 10.3. The van der Waals surface area contributed by atoms with Crippen LogP contribution in [0.1, 0.15) is 0 Å². The van der Waals surface area contributed by atoms with Gasteiger partial charge in [-0.3, -0.25) is 0 Å². The van der Waals surface area contributed by atoms with Gasteiger partial charge in [0.2, 0.25) is 10.0 Å². The van der Waals surface area contributed by atoms with Gasteiger partial charge in [0.05, 0.1) is 15.4 Å². The van der Waals surface area contributed by atoms with Crippen molar-refractivity contribution in [2.75, 3.05) is 19.6 Å². The van der Waals surface area contributed by atoms with Crippen LogP contribution in [0.15, 0.2) is 27.6 Å². The Morgan fingerprint density at radius 1 is 1.53 bits per heavy atom. The molecule has 8 heteroatoms. The Labute approximate surface area is 119 Å². The van der Waals surface area contributed by atoms with Crippen LogP contribution < -0.4 is 5.32 Å². The molecule has 1 unspecified atom stereocenters. The molecule has 1 heterocycles. The Kier molecular flexibility index (Phi) is 4.20. The average molecular weight is 348 g/mol. The summed E-state index contributed by atoms with van der Waals surface area (Å²) in [7, 11) is -3.85. The molecule has 0 aliphatic carbocycles. The number of rotatable bonds is 2. The van der Waals surface area contributed by atoms with Crippen LogP contribution >= 0.6 is 15.9 Å². The Balaban J connectivity index is 2.41. The number of nitrogens with zero attached hydrogens (tertiary/aromatic N) is 2. The van der Waals surface area contributed by atoms with Crippen molar-refractivity contribution >= 4 is 26.0 Å². The minimum atomic E-state index is -3.85. The number of nitriles is 1. The summed E-state index contributed by atoms with van der Waals surface area (Å²) in [5, 5.41) is 11.9. The van der Waals surface area contributed by atoms with Gasteiger partial charge in [0.1, 0.15) is 11.9 Å². The summed E-state index contributed by atoms with van der Waals surface area (Å²) in [6.45, 7) is 0.934. The number of sulfonamides is 1.